The zero-order chi connectivity index (χ0) is 11.7. The van der Waals surface area contributed by atoms with Gasteiger partial charge in [-0.3, -0.25) is 9.48 Å². The summed E-state index contributed by atoms with van der Waals surface area (Å²) in [6.07, 6.45) is 2.61. The van der Waals surface area contributed by atoms with Crippen molar-refractivity contribution in [3.05, 3.63) is 29.8 Å². The first kappa shape index (κ1) is 10.7. The van der Waals surface area contributed by atoms with Gasteiger partial charge in [0.25, 0.3) is 0 Å². The number of aryl methyl sites for hydroxylation is 1. The third-order valence-electron chi connectivity index (χ3n) is 2.41. The monoisotopic (exact) mass is 218 g/mol. The number of carbonyl (C=O) groups is 1. The number of hydrogen-bond donors (Lipinski definition) is 0. The third-order valence-corrected chi connectivity index (χ3v) is 2.41. The molecule has 16 heavy (non-hydrogen) atoms. The fraction of sp³-hybridized carbons (Fsp3) is 0.333. The molecule has 84 valence electrons. The van der Waals surface area contributed by atoms with E-state index in [-0.39, 0.29) is 0 Å². The van der Waals surface area contributed by atoms with Crippen molar-refractivity contribution < 1.29 is 9.21 Å². The van der Waals surface area contributed by atoms with Crippen LogP contribution in [0.1, 0.15) is 36.0 Å². The van der Waals surface area contributed by atoms with E-state index in [1.165, 1.54) is 0 Å². The number of rotatable bonds is 3. The molecule has 0 aliphatic rings. The molecule has 0 unspecified atom stereocenters. The van der Waals surface area contributed by atoms with Gasteiger partial charge in [-0.15, -0.1) is 0 Å². The van der Waals surface area contributed by atoms with Crippen LogP contribution < -0.4 is 0 Å². The van der Waals surface area contributed by atoms with E-state index in [0.29, 0.717) is 23.7 Å². The molecule has 0 amide bonds. The van der Waals surface area contributed by atoms with Crippen LogP contribution in [0, 0.1) is 0 Å². The predicted molar refractivity (Wildman–Crippen MR) is 60.4 cm³/mol. The van der Waals surface area contributed by atoms with Crippen molar-refractivity contribution in [3.8, 4) is 11.3 Å². The van der Waals surface area contributed by atoms with Crippen LogP contribution in [0.3, 0.4) is 0 Å². The second kappa shape index (κ2) is 3.96. The molecular formula is C12H14N2O2. The third kappa shape index (κ3) is 1.78. The van der Waals surface area contributed by atoms with Crippen molar-refractivity contribution >= 4 is 6.29 Å². The van der Waals surface area contributed by atoms with Gasteiger partial charge in [-0.1, -0.05) is 13.8 Å². The fourth-order valence-electron chi connectivity index (χ4n) is 1.68. The van der Waals surface area contributed by atoms with E-state index in [0.717, 1.165) is 11.3 Å². The quantitative estimate of drug-likeness (QED) is 0.744. The van der Waals surface area contributed by atoms with Crippen LogP contribution in [-0.4, -0.2) is 16.1 Å². The van der Waals surface area contributed by atoms with Gasteiger partial charge in [-0.25, -0.2) is 0 Å². The molecule has 0 aliphatic heterocycles. The molecule has 0 atom stereocenters. The minimum absolute atomic E-state index is 0.320. The van der Waals surface area contributed by atoms with Crippen LogP contribution in [-0.2, 0) is 7.05 Å². The Morgan fingerprint density at radius 2 is 2.19 bits per heavy atom. The highest BCUT2D eigenvalue weighted by molar-refractivity contribution is 5.73. The summed E-state index contributed by atoms with van der Waals surface area (Å²) in [6, 6.07) is 3.46. The van der Waals surface area contributed by atoms with Gasteiger partial charge >= 0.3 is 0 Å². The van der Waals surface area contributed by atoms with Crippen molar-refractivity contribution in [2.45, 2.75) is 19.8 Å². The molecule has 0 N–H and O–H groups in total. The lowest BCUT2D eigenvalue weighted by atomic mass is 10.1. The zero-order valence-electron chi connectivity index (χ0n) is 9.60. The molecule has 0 radical (unpaired) electrons. The van der Waals surface area contributed by atoms with E-state index in [9.17, 15) is 4.79 Å². The Hall–Kier alpha value is -1.84. The first-order valence-electron chi connectivity index (χ1n) is 5.20. The molecule has 0 aromatic carbocycles. The molecule has 0 spiro atoms. The number of furan rings is 1. The molecule has 0 saturated carbocycles. The summed E-state index contributed by atoms with van der Waals surface area (Å²) < 4.78 is 7.16. The Kier molecular flexibility index (Phi) is 2.64. The number of hydrogen-bond acceptors (Lipinski definition) is 3. The van der Waals surface area contributed by atoms with Crippen molar-refractivity contribution in [1.82, 2.24) is 9.78 Å². The Labute approximate surface area is 93.9 Å². The summed E-state index contributed by atoms with van der Waals surface area (Å²) in [4.78, 5) is 10.6. The highest BCUT2D eigenvalue weighted by Gasteiger charge is 2.15. The highest BCUT2D eigenvalue weighted by atomic mass is 16.3. The molecule has 2 aromatic heterocycles. The summed E-state index contributed by atoms with van der Waals surface area (Å²) in [7, 11) is 1.87. The van der Waals surface area contributed by atoms with Gasteiger partial charge in [0.1, 0.15) is 5.76 Å². The van der Waals surface area contributed by atoms with E-state index in [4.69, 9.17) is 4.42 Å². The van der Waals surface area contributed by atoms with Gasteiger partial charge in [-0.2, -0.15) is 5.10 Å². The maximum atomic E-state index is 10.6. The molecular weight excluding hydrogens is 204 g/mol. The molecule has 4 heteroatoms. The van der Waals surface area contributed by atoms with Gasteiger partial charge in [0.05, 0.1) is 11.3 Å². The van der Waals surface area contributed by atoms with Gasteiger partial charge < -0.3 is 4.42 Å². The first-order valence-corrected chi connectivity index (χ1v) is 5.20. The molecule has 0 saturated heterocycles. The standard InChI is InChI=1S/C12H14N2O2/c1-8(2)12-10(6-14(3)13-12)11-5-4-9(7-15)16-11/h4-8H,1-3H3. The molecule has 2 heterocycles. The van der Waals surface area contributed by atoms with Gasteiger partial charge in [0.2, 0.25) is 0 Å². The number of aromatic nitrogens is 2. The van der Waals surface area contributed by atoms with Crippen LogP contribution in [0.25, 0.3) is 11.3 Å². The highest BCUT2D eigenvalue weighted by Crippen LogP contribution is 2.28. The molecule has 0 fully saturated rings. The number of carbonyl (C=O) groups excluding carboxylic acids is 1. The minimum atomic E-state index is 0.320. The SMILES string of the molecule is CC(C)c1nn(C)cc1-c1ccc(C=O)o1. The normalized spacial score (nSPS) is 11.0. The molecule has 2 aromatic rings. The first-order chi connectivity index (χ1) is 7.61. The lowest BCUT2D eigenvalue weighted by Gasteiger charge is -2.01. The fourth-order valence-corrected chi connectivity index (χ4v) is 1.68. The Balaban J connectivity index is 2.50. The lowest BCUT2D eigenvalue weighted by Crippen LogP contribution is -1.93. The Morgan fingerprint density at radius 1 is 1.44 bits per heavy atom. The molecule has 4 nitrogen and oxygen atoms in total. The van der Waals surface area contributed by atoms with Gasteiger partial charge in [0, 0.05) is 13.2 Å². The van der Waals surface area contributed by atoms with Crippen LogP contribution in [0.5, 0.6) is 0 Å². The molecule has 2 rings (SSSR count). The summed E-state index contributed by atoms with van der Waals surface area (Å²) in [5, 5.41) is 4.39. The second-order valence-corrected chi connectivity index (χ2v) is 4.08. The average molecular weight is 218 g/mol. The van der Waals surface area contributed by atoms with E-state index in [2.05, 4.69) is 18.9 Å². The van der Waals surface area contributed by atoms with E-state index in [1.807, 2.05) is 13.2 Å². The molecule has 0 aliphatic carbocycles. The van der Waals surface area contributed by atoms with E-state index < -0.39 is 0 Å². The van der Waals surface area contributed by atoms with E-state index in [1.54, 1.807) is 16.8 Å². The maximum absolute atomic E-state index is 10.6. The topological polar surface area (TPSA) is 48.0 Å². The van der Waals surface area contributed by atoms with Crippen LogP contribution >= 0.6 is 0 Å². The van der Waals surface area contributed by atoms with Crippen molar-refractivity contribution in [1.29, 1.82) is 0 Å². The maximum Gasteiger partial charge on any atom is 0.185 e. The van der Waals surface area contributed by atoms with Gasteiger partial charge in [0.15, 0.2) is 12.0 Å². The molecule has 0 bridgehead atoms. The zero-order valence-corrected chi connectivity index (χ0v) is 9.60. The van der Waals surface area contributed by atoms with Crippen molar-refractivity contribution in [2.75, 3.05) is 0 Å². The lowest BCUT2D eigenvalue weighted by molar-refractivity contribution is 0.110. The smallest absolute Gasteiger partial charge is 0.185 e. The number of nitrogens with zero attached hydrogens (tertiary/aromatic N) is 2. The summed E-state index contributed by atoms with van der Waals surface area (Å²) in [5.41, 5.74) is 1.93. The Morgan fingerprint density at radius 3 is 2.75 bits per heavy atom. The average Bonchev–Trinajstić information content (AvgIpc) is 2.82. The minimum Gasteiger partial charge on any atom is -0.453 e. The number of aldehydes is 1. The summed E-state index contributed by atoms with van der Waals surface area (Å²) in [6.45, 7) is 4.16. The predicted octanol–water partition coefficient (Wildman–Crippen LogP) is 2.62. The van der Waals surface area contributed by atoms with E-state index >= 15 is 0 Å². The van der Waals surface area contributed by atoms with Crippen molar-refractivity contribution in [3.63, 3.8) is 0 Å². The Bertz CT molecular complexity index is 509. The van der Waals surface area contributed by atoms with Crippen LogP contribution in [0.15, 0.2) is 22.7 Å². The van der Waals surface area contributed by atoms with Gasteiger partial charge in [-0.05, 0) is 18.1 Å². The second-order valence-electron chi connectivity index (χ2n) is 4.08. The van der Waals surface area contributed by atoms with Crippen molar-refractivity contribution in [2.24, 2.45) is 7.05 Å². The summed E-state index contributed by atoms with van der Waals surface area (Å²) >= 11 is 0. The van der Waals surface area contributed by atoms with Crippen LogP contribution in [0.2, 0.25) is 0 Å². The largest absolute Gasteiger partial charge is 0.453 e. The van der Waals surface area contributed by atoms with Crippen LogP contribution in [0.4, 0.5) is 0 Å². The summed E-state index contributed by atoms with van der Waals surface area (Å²) in [5.74, 6) is 1.36.